The molecule has 4 heterocycles. The Kier molecular flexibility index (Phi) is 6.52. The fourth-order valence-electron chi connectivity index (χ4n) is 4.00. The Hall–Kier alpha value is -3.87. The lowest BCUT2D eigenvalue weighted by atomic mass is 9.90. The summed E-state index contributed by atoms with van der Waals surface area (Å²) < 4.78 is 51.1. The minimum Gasteiger partial charge on any atom is -0.475 e. The van der Waals surface area contributed by atoms with Crippen LogP contribution in [0.5, 0.6) is 0 Å². The topological polar surface area (TPSA) is 130 Å². The fraction of sp³-hybridized carbons (Fsp3) is 0.318. The van der Waals surface area contributed by atoms with Gasteiger partial charge in [-0.05, 0) is 54.8 Å². The van der Waals surface area contributed by atoms with Crippen molar-refractivity contribution < 1.29 is 36.8 Å². The fourth-order valence-corrected chi connectivity index (χ4v) is 4.00. The maximum atomic E-state index is 13.8. The van der Waals surface area contributed by atoms with Gasteiger partial charge in [-0.25, -0.2) is 9.18 Å². The third-order valence-corrected chi connectivity index (χ3v) is 5.59. The monoisotopic (exact) mass is 493 g/mol. The molecule has 1 unspecified atom stereocenters. The molecule has 0 radical (unpaired) electrons. The van der Waals surface area contributed by atoms with E-state index in [1.165, 1.54) is 17.7 Å². The van der Waals surface area contributed by atoms with E-state index in [1.54, 1.807) is 6.07 Å². The maximum absolute atomic E-state index is 13.8. The van der Waals surface area contributed by atoms with Gasteiger partial charge in [-0.15, -0.1) is 0 Å². The molecule has 9 nitrogen and oxygen atoms in total. The van der Waals surface area contributed by atoms with Crippen molar-refractivity contribution in [2.45, 2.75) is 38.4 Å². The predicted molar refractivity (Wildman–Crippen MR) is 113 cm³/mol. The molecule has 3 N–H and O–H groups in total. The molecule has 0 aliphatic carbocycles. The van der Waals surface area contributed by atoms with Crippen LogP contribution in [0, 0.1) is 12.7 Å². The summed E-state index contributed by atoms with van der Waals surface area (Å²) in [5.74, 6) is -3.00. The average molecular weight is 493 g/mol. The summed E-state index contributed by atoms with van der Waals surface area (Å²) in [5.41, 5.74) is 5.23. The number of benzene rings is 1. The van der Waals surface area contributed by atoms with E-state index in [9.17, 15) is 22.4 Å². The van der Waals surface area contributed by atoms with Crippen LogP contribution in [0.4, 0.5) is 23.2 Å². The molecule has 0 fully saturated rings. The minimum absolute atomic E-state index is 0.131. The van der Waals surface area contributed by atoms with Crippen molar-refractivity contribution in [3.63, 3.8) is 0 Å². The first kappa shape index (κ1) is 24.3. The number of aryl methyl sites for hydroxylation is 1. The number of carboxylic acid groups (broad SMARTS) is 1. The number of anilines is 1. The van der Waals surface area contributed by atoms with Gasteiger partial charge in [0.25, 0.3) is 0 Å². The Balaban J connectivity index is 0.000000364. The molecule has 0 spiro atoms. The summed E-state index contributed by atoms with van der Waals surface area (Å²) in [6.45, 7) is 3.56. The lowest BCUT2D eigenvalue weighted by Crippen LogP contribution is -2.25. The predicted octanol–water partition coefficient (Wildman–Crippen LogP) is 3.33. The van der Waals surface area contributed by atoms with E-state index in [2.05, 4.69) is 25.8 Å². The van der Waals surface area contributed by atoms with Crippen LogP contribution in [-0.2, 0) is 22.6 Å². The highest BCUT2D eigenvalue weighted by Crippen LogP contribution is 2.38. The molecule has 13 heteroatoms. The first-order chi connectivity index (χ1) is 16.5. The molecule has 0 bridgehead atoms. The minimum atomic E-state index is -5.08. The molecule has 2 aliphatic heterocycles. The number of aliphatic carboxylic acids is 1. The van der Waals surface area contributed by atoms with Crippen LogP contribution < -0.4 is 10.6 Å². The largest absolute Gasteiger partial charge is 0.490 e. The van der Waals surface area contributed by atoms with E-state index in [0.29, 0.717) is 23.0 Å². The Morgan fingerprint density at radius 2 is 2.03 bits per heavy atom. The summed E-state index contributed by atoms with van der Waals surface area (Å²) in [7, 11) is 0. The van der Waals surface area contributed by atoms with Gasteiger partial charge in [0.1, 0.15) is 5.82 Å². The van der Waals surface area contributed by atoms with E-state index in [4.69, 9.17) is 14.4 Å². The van der Waals surface area contributed by atoms with Crippen LogP contribution in [0.3, 0.4) is 0 Å². The van der Waals surface area contributed by atoms with Gasteiger partial charge in [0.05, 0.1) is 5.92 Å². The number of pyridine rings is 1. The van der Waals surface area contributed by atoms with E-state index in [0.717, 1.165) is 36.3 Å². The summed E-state index contributed by atoms with van der Waals surface area (Å²) in [4.78, 5) is 30.1. The van der Waals surface area contributed by atoms with E-state index in [1.807, 2.05) is 13.1 Å². The Bertz CT molecular complexity index is 1290. The summed E-state index contributed by atoms with van der Waals surface area (Å²) in [6, 6.07) is 4.28. The van der Waals surface area contributed by atoms with Crippen LogP contribution >= 0.6 is 0 Å². The number of carboxylic acids is 1. The molecule has 184 valence electrons. The van der Waals surface area contributed by atoms with Gasteiger partial charge >= 0.3 is 12.1 Å². The van der Waals surface area contributed by atoms with Crippen molar-refractivity contribution >= 4 is 17.6 Å². The Morgan fingerprint density at radius 3 is 2.74 bits per heavy atom. The number of rotatable bonds is 2. The number of halogens is 4. The lowest BCUT2D eigenvalue weighted by molar-refractivity contribution is -0.192. The Morgan fingerprint density at radius 1 is 1.29 bits per heavy atom. The number of nitrogens with one attached hydrogen (secondary N) is 2. The van der Waals surface area contributed by atoms with Crippen LogP contribution in [0.1, 0.15) is 40.6 Å². The summed E-state index contributed by atoms with van der Waals surface area (Å²) in [6.07, 6.45) is -2.21. The number of alkyl halides is 3. The van der Waals surface area contributed by atoms with Crippen LogP contribution in [0.25, 0.3) is 11.4 Å². The van der Waals surface area contributed by atoms with Crippen LogP contribution in [0.15, 0.2) is 28.9 Å². The van der Waals surface area contributed by atoms with Crippen molar-refractivity contribution in [2.24, 2.45) is 0 Å². The van der Waals surface area contributed by atoms with Gasteiger partial charge in [0.2, 0.25) is 17.6 Å². The van der Waals surface area contributed by atoms with Gasteiger partial charge in [-0.2, -0.15) is 18.2 Å². The van der Waals surface area contributed by atoms with Crippen LogP contribution in [-0.4, -0.2) is 44.8 Å². The molecule has 1 aromatic carbocycles. The zero-order valence-corrected chi connectivity index (χ0v) is 18.2. The van der Waals surface area contributed by atoms with Gasteiger partial charge in [0, 0.05) is 36.1 Å². The molecule has 3 aromatic rings. The second-order valence-electron chi connectivity index (χ2n) is 7.94. The molecular formula is C22H19F4N5O4. The van der Waals surface area contributed by atoms with Gasteiger partial charge < -0.3 is 20.3 Å². The smallest absolute Gasteiger partial charge is 0.475 e. The molecule has 2 aliphatic rings. The quantitative estimate of drug-likeness (QED) is 0.464. The van der Waals surface area contributed by atoms with Gasteiger partial charge in [0.15, 0.2) is 0 Å². The zero-order chi connectivity index (χ0) is 25.3. The second-order valence-corrected chi connectivity index (χ2v) is 7.94. The molecular weight excluding hydrogens is 474 g/mol. The third-order valence-electron chi connectivity index (χ3n) is 5.59. The highest BCUT2D eigenvalue weighted by atomic mass is 19.4. The number of amides is 1. The number of fused-ring (bicyclic) bond motifs is 2. The van der Waals surface area contributed by atoms with Crippen molar-refractivity contribution in [1.29, 1.82) is 0 Å². The summed E-state index contributed by atoms with van der Waals surface area (Å²) in [5, 5.41) is 17.4. The van der Waals surface area contributed by atoms with Gasteiger partial charge in [-0.3, -0.25) is 9.78 Å². The summed E-state index contributed by atoms with van der Waals surface area (Å²) >= 11 is 0. The first-order valence-electron chi connectivity index (χ1n) is 10.5. The SMILES string of the molecule is Cc1ncc2c(c1-c1noc(C3CC(=O)Nc4ccc(F)cc43)n1)CCNC2.O=C(O)C(F)(F)F. The normalized spacial score (nSPS) is 16.9. The highest BCUT2D eigenvalue weighted by molar-refractivity contribution is 5.95. The van der Waals surface area contributed by atoms with Crippen LogP contribution in [0.2, 0.25) is 0 Å². The number of hydrogen-bond donors (Lipinski definition) is 3. The highest BCUT2D eigenvalue weighted by Gasteiger charge is 2.38. The number of carbonyl (C=O) groups is 2. The molecule has 35 heavy (non-hydrogen) atoms. The standard InChI is InChI=1S/C20H18FN5O2.C2HF3O2/c1-10-18(13-4-5-22-8-11(13)9-23-10)19-25-20(28-26-19)15-7-17(27)24-16-3-2-12(21)6-14(15)16;3-2(4,5)1(6)7/h2-3,6,9,15,22H,4-5,7-8H2,1H3,(H,24,27);(H,6,7). The van der Waals surface area contributed by atoms with E-state index < -0.39 is 18.1 Å². The zero-order valence-electron chi connectivity index (χ0n) is 18.2. The molecule has 2 aromatic heterocycles. The van der Waals surface area contributed by atoms with E-state index in [-0.39, 0.29) is 18.1 Å². The van der Waals surface area contributed by atoms with Crippen molar-refractivity contribution in [3.05, 3.63) is 58.5 Å². The van der Waals surface area contributed by atoms with Gasteiger partial charge in [-0.1, -0.05) is 5.16 Å². The molecule has 1 atom stereocenters. The van der Waals surface area contributed by atoms with Crippen molar-refractivity contribution in [1.82, 2.24) is 20.4 Å². The maximum Gasteiger partial charge on any atom is 0.490 e. The molecule has 1 amide bonds. The number of hydrogen-bond acceptors (Lipinski definition) is 7. The molecule has 5 rings (SSSR count). The van der Waals surface area contributed by atoms with E-state index >= 15 is 0 Å². The Labute approximate surface area is 195 Å². The van der Waals surface area contributed by atoms with Crippen molar-refractivity contribution in [2.75, 3.05) is 11.9 Å². The third kappa shape index (κ3) is 5.14. The first-order valence-corrected chi connectivity index (χ1v) is 10.5. The van der Waals surface area contributed by atoms with Crippen molar-refractivity contribution in [3.8, 4) is 11.4 Å². The number of nitrogens with zero attached hydrogens (tertiary/aromatic N) is 3. The number of aromatic nitrogens is 3. The lowest BCUT2D eigenvalue weighted by Gasteiger charge is -2.23. The second kappa shape index (κ2) is 9.41. The molecule has 0 saturated carbocycles. The number of carbonyl (C=O) groups excluding carboxylic acids is 1. The molecule has 0 saturated heterocycles. The average Bonchev–Trinajstić information content (AvgIpc) is 3.28.